The zero-order chi connectivity index (χ0) is 18.8. The molecule has 1 saturated carbocycles. The first-order valence-corrected chi connectivity index (χ1v) is 9.84. The molecule has 1 aliphatic heterocycles. The summed E-state index contributed by atoms with van der Waals surface area (Å²) < 4.78 is 0. The lowest BCUT2D eigenvalue weighted by Gasteiger charge is -2.29. The molecule has 2 N–H and O–H groups in total. The second-order valence-electron chi connectivity index (χ2n) is 7.92. The van der Waals surface area contributed by atoms with E-state index in [-0.39, 0.29) is 36.2 Å². The molecule has 2 aromatic carbocycles. The third-order valence-electron chi connectivity index (χ3n) is 5.84. The maximum absolute atomic E-state index is 12.4. The summed E-state index contributed by atoms with van der Waals surface area (Å²) in [7, 11) is 2.10. The van der Waals surface area contributed by atoms with Gasteiger partial charge < -0.3 is 15.5 Å². The van der Waals surface area contributed by atoms with Crippen LogP contribution in [0.15, 0.2) is 42.5 Å². The van der Waals surface area contributed by atoms with Gasteiger partial charge in [-0.25, -0.2) is 0 Å². The Morgan fingerprint density at radius 2 is 1.81 bits per heavy atom. The molecular weight excluding hydrogens is 338 g/mol. The van der Waals surface area contributed by atoms with Crippen molar-refractivity contribution in [3.63, 3.8) is 0 Å². The summed E-state index contributed by atoms with van der Waals surface area (Å²) in [5.74, 6) is 0.168. The fourth-order valence-corrected chi connectivity index (χ4v) is 4.02. The van der Waals surface area contributed by atoms with Gasteiger partial charge in [0.25, 0.3) is 0 Å². The second-order valence-corrected chi connectivity index (χ2v) is 7.92. The molecule has 2 aliphatic rings. The molecule has 2 aromatic rings. The van der Waals surface area contributed by atoms with Crippen molar-refractivity contribution in [3.8, 4) is 0 Å². The van der Waals surface area contributed by atoms with Crippen LogP contribution in [-0.4, -0.2) is 49.4 Å². The molecule has 27 heavy (non-hydrogen) atoms. The van der Waals surface area contributed by atoms with Crippen molar-refractivity contribution in [2.24, 2.45) is 5.92 Å². The summed E-state index contributed by atoms with van der Waals surface area (Å²) in [4.78, 5) is 26.8. The summed E-state index contributed by atoms with van der Waals surface area (Å²) in [6.45, 7) is 2.09. The van der Waals surface area contributed by atoms with E-state index in [4.69, 9.17) is 0 Å². The first-order valence-electron chi connectivity index (χ1n) is 9.84. The molecule has 1 aliphatic carbocycles. The lowest BCUT2D eigenvalue weighted by molar-refractivity contribution is -0.127. The van der Waals surface area contributed by atoms with Gasteiger partial charge in [-0.3, -0.25) is 9.59 Å². The van der Waals surface area contributed by atoms with E-state index in [1.54, 1.807) is 0 Å². The fourth-order valence-electron chi connectivity index (χ4n) is 4.02. The number of piperidine rings is 1. The number of amides is 2. The molecule has 0 spiro atoms. The minimum absolute atomic E-state index is 0.00770. The van der Waals surface area contributed by atoms with E-state index in [1.165, 1.54) is 16.3 Å². The molecular formula is C22H27N3O2. The number of fused-ring (bicyclic) bond motifs is 1. The number of carbonyl (C=O) groups excluding carboxylic acids is 2. The zero-order valence-electron chi connectivity index (χ0n) is 15.8. The van der Waals surface area contributed by atoms with Gasteiger partial charge in [-0.2, -0.15) is 0 Å². The Kier molecular flexibility index (Phi) is 5.12. The summed E-state index contributed by atoms with van der Waals surface area (Å²) in [6.07, 6.45) is 2.81. The summed E-state index contributed by atoms with van der Waals surface area (Å²) in [6, 6.07) is 14.9. The van der Waals surface area contributed by atoms with Crippen LogP contribution in [0.25, 0.3) is 10.8 Å². The highest BCUT2D eigenvalue weighted by Gasteiger charge is 2.43. The number of rotatable bonds is 5. The van der Waals surface area contributed by atoms with Crippen LogP contribution >= 0.6 is 0 Å². The number of carbonyl (C=O) groups is 2. The molecule has 0 radical (unpaired) electrons. The van der Waals surface area contributed by atoms with Crippen LogP contribution in [0.5, 0.6) is 0 Å². The topological polar surface area (TPSA) is 61.4 Å². The molecule has 0 bridgehead atoms. The molecule has 4 rings (SSSR count). The van der Waals surface area contributed by atoms with Crippen molar-refractivity contribution in [3.05, 3.63) is 48.0 Å². The molecule has 142 valence electrons. The molecule has 5 heteroatoms. The molecule has 0 aromatic heterocycles. The Bertz CT molecular complexity index is 842. The SMILES string of the molecule is CN1CCC(NC(=O)CNC(=O)[C@@H]2C[C@H]2c2ccc3ccccc3c2)CC1. The van der Waals surface area contributed by atoms with Gasteiger partial charge in [0, 0.05) is 12.0 Å². The van der Waals surface area contributed by atoms with E-state index in [9.17, 15) is 9.59 Å². The van der Waals surface area contributed by atoms with Gasteiger partial charge in [0.2, 0.25) is 11.8 Å². The average molecular weight is 365 g/mol. The normalized spacial score (nSPS) is 23.1. The Hall–Kier alpha value is -2.40. The zero-order valence-corrected chi connectivity index (χ0v) is 15.8. The van der Waals surface area contributed by atoms with Gasteiger partial charge >= 0.3 is 0 Å². The van der Waals surface area contributed by atoms with Gasteiger partial charge in [-0.05, 0) is 61.7 Å². The Morgan fingerprint density at radius 1 is 1.07 bits per heavy atom. The van der Waals surface area contributed by atoms with Crippen LogP contribution in [-0.2, 0) is 9.59 Å². The quantitative estimate of drug-likeness (QED) is 0.854. The lowest BCUT2D eigenvalue weighted by Crippen LogP contribution is -2.46. The van der Waals surface area contributed by atoms with Crippen LogP contribution in [0.4, 0.5) is 0 Å². The van der Waals surface area contributed by atoms with Crippen molar-refractivity contribution in [1.82, 2.24) is 15.5 Å². The minimum atomic E-state index is -0.0826. The van der Waals surface area contributed by atoms with Crippen molar-refractivity contribution < 1.29 is 9.59 Å². The van der Waals surface area contributed by atoms with Gasteiger partial charge in [-0.1, -0.05) is 42.5 Å². The summed E-state index contributed by atoms with van der Waals surface area (Å²) >= 11 is 0. The Morgan fingerprint density at radius 3 is 2.59 bits per heavy atom. The number of hydrogen-bond donors (Lipinski definition) is 2. The predicted molar refractivity (Wildman–Crippen MR) is 106 cm³/mol. The molecule has 2 fully saturated rings. The van der Waals surface area contributed by atoms with E-state index >= 15 is 0 Å². The first kappa shape index (κ1) is 18.0. The average Bonchev–Trinajstić information content (AvgIpc) is 3.48. The van der Waals surface area contributed by atoms with Gasteiger partial charge in [-0.15, -0.1) is 0 Å². The van der Waals surface area contributed by atoms with Crippen molar-refractivity contribution in [1.29, 1.82) is 0 Å². The third kappa shape index (κ3) is 4.30. The van der Waals surface area contributed by atoms with Gasteiger partial charge in [0.1, 0.15) is 0 Å². The van der Waals surface area contributed by atoms with Crippen molar-refractivity contribution in [2.45, 2.75) is 31.2 Å². The standard InChI is InChI=1S/C22H27N3O2/c1-25-10-8-18(9-11-25)24-21(26)14-23-22(27)20-13-19(20)17-7-6-15-4-2-3-5-16(15)12-17/h2-7,12,18-20H,8-11,13-14H2,1H3,(H,23,27)(H,24,26)/t19-,20+/m0/s1. The fraction of sp³-hybridized carbons (Fsp3) is 0.455. The van der Waals surface area contributed by atoms with E-state index in [0.717, 1.165) is 32.4 Å². The van der Waals surface area contributed by atoms with Crippen molar-refractivity contribution in [2.75, 3.05) is 26.7 Å². The Balaban J connectivity index is 1.25. The minimum Gasteiger partial charge on any atom is -0.352 e. The molecule has 1 saturated heterocycles. The molecule has 2 amide bonds. The summed E-state index contributed by atoms with van der Waals surface area (Å²) in [5, 5.41) is 8.28. The largest absolute Gasteiger partial charge is 0.352 e. The van der Waals surface area contributed by atoms with Gasteiger partial charge in [0.15, 0.2) is 0 Å². The Labute approximate surface area is 160 Å². The maximum atomic E-state index is 12.4. The van der Waals surface area contributed by atoms with Gasteiger partial charge in [0.05, 0.1) is 6.54 Å². The highest BCUT2D eigenvalue weighted by molar-refractivity contribution is 5.89. The molecule has 0 unspecified atom stereocenters. The smallest absolute Gasteiger partial charge is 0.239 e. The van der Waals surface area contributed by atoms with Crippen LogP contribution in [0, 0.1) is 5.92 Å². The predicted octanol–water partition coefficient (Wildman–Crippen LogP) is 2.27. The number of likely N-dealkylation sites (tertiary alicyclic amines) is 1. The highest BCUT2D eigenvalue weighted by Crippen LogP contribution is 2.48. The second kappa shape index (κ2) is 7.69. The van der Waals surface area contributed by atoms with Crippen molar-refractivity contribution >= 4 is 22.6 Å². The maximum Gasteiger partial charge on any atom is 0.239 e. The van der Waals surface area contributed by atoms with Crippen LogP contribution in [0.2, 0.25) is 0 Å². The van der Waals surface area contributed by atoms with Crippen LogP contribution < -0.4 is 10.6 Å². The van der Waals surface area contributed by atoms with E-state index in [0.29, 0.717) is 0 Å². The number of nitrogens with one attached hydrogen (secondary N) is 2. The monoisotopic (exact) mass is 365 g/mol. The number of benzene rings is 2. The van der Waals surface area contributed by atoms with E-state index in [2.05, 4.69) is 52.9 Å². The summed E-state index contributed by atoms with van der Waals surface area (Å²) in [5.41, 5.74) is 1.21. The number of nitrogens with zero attached hydrogens (tertiary/aromatic N) is 1. The van der Waals surface area contributed by atoms with Crippen LogP contribution in [0.1, 0.15) is 30.7 Å². The van der Waals surface area contributed by atoms with E-state index in [1.807, 2.05) is 12.1 Å². The lowest BCUT2D eigenvalue weighted by atomic mass is 10.0. The van der Waals surface area contributed by atoms with E-state index < -0.39 is 0 Å². The molecule has 1 heterocycles. The molecule has 2 atom stereocenters. The highest BCUT2D eigenvalue weighted by atomic mass is 16.2. The number of hydrogen-bond acceptors (Lipinski definition) is 3. The molecule has 5 nitrogen and oxygen atoms in total. The van der Waals surface area contributed by atoms with Crippen LogP contribution in [0.3, 0.4) is 0 Å². The third-order valence-corrected chi connectivity index (χ3v) is 5.84. The first-order chi connectivity index (χ1) is 13.1.